The second kappa shape index (κ2) is 5.48. The van der Waals surface area contributed by atoms with E-state index in [1.165, 1.54) is 10.4 Å². The maximum atomic E-state index is 12.6. The van der Waals surface area contributed by atoms with Crippen molar-refractivity contribution in [3.63, 3.8) is 0 Å². The number of nitrogens with two attached hydrogens (primary N) is 1. The summed E-state index contributed by atoms with van der Waals surface area (Å²) in [6, 6.07) is 4.99. The Labute approximate surface area is 114 Å². The fraction of sp³-hybridized carbons (Fsp3) is 0.538. The van der Waals surface area contributed by atoms with Crippen LogP contribution in [0.15, 0.2) is 23.1 Å². The third-order valence-electron chi connectivity index (χ3n) is 3.48. The van der Waals surface area contributed by atoms with E-state index in [9.17, 15) is 8.42 Å². The number of nitrogen functional groups attached to an aromatic ring is 1. The van der Waals surface area contributed by atoms with Crippen LogP contribution in [-0.2, 0) is 14.8 Å². The zero-order valence-electron chi connectivity index (χ0n) is 11.3. The fourth-order valence-electron chi connectivity index (χ4n) is 2.42. The largest absolute Gasteiger partial charge is 0.399 e. The van der Waals surface area contributed by atoms with E-state index in [1.807, 2.05) is 0 Å². The molecule has 1 aliphatic rings. The van der Waals surface area contributed by atoms with Crippen LogP contribution >= 0.6 is 0 Å². The quantitative estimate of drug-likeness (QED) is 0.844. The Balaban J connectivity index is 2.26. The summed E-state index contributed by atoms with van der Waals surface area (Å²) in [4.78, 5) is 0.311. The van der Waals surface area contributed by atoms with E-state index in [-0.39, 0.29) is 5.92 Å². The lowest BCUT2D eigenvalue weighted by Crippen LogP contribution is -2.30. The second-order valence-corrected chi connectivity index (χ2v) is 6.90. The van der Waals surface area contributed by atoms with Crippen LogP contribution in [0, 0.1) is 12.8 Å². The molecule has 1 saturated heterocycles. The predicted octanol–water partition coefficient (Wildman–Crippen LogP) is 1.23. The summed E-state index contributed by atoms with van der Waals surface area (Å²) in [5, 5.41) is 0. The molecule has 6 heteroatoms. The summed E-state index contributed by atoms with van der Waals surface area (Å²) in [5.41, 5.74) is 6.89. The highest BCUT2D eigenvalue weighted by Gasteiger charge is 2.33. The molecule has 1 fully saturated rings. The van der Waals surface area contributed by atoms with Gasteiger partial charge in [0.15, 0.2) is 0 Å². The summed E-state index contributed by atoms with van der Waals surface area (Å²) < 4.78 is 31.8. The van der Waals surface area contributed by atoms with Gasteiger partial charge in [0.25, 0.3) is 0 Å². The lowest BCUT2D eigenvalue weighted by atomic mass is 10.1. The van der Waals surface area contributed by atoms with E-state index in [2.05, 4.69) is 0 Å². The molecule has 2 N–H and O–H groups in total. The molecule has 0 aliphatic carbocycles. The van der Waals surface area contributed by atoms with Gasteiger partial charge in [0.1, 0.15) is 0 Å². The molecular formula is C13H20N2O3S. The van der Waals surface area contributed by atoms with Crippen molar-refractivity contribution in [2.75, 3.05) is 32.5 Å². The molecule has 0 radical (unpaired) electrons. The van der Waals surface area contributed by atoms with Crippen molar-refractivity contribution in [1.82, 2.24) is 4.31 Å². The molecule has 1 unspecified atom stereocenters. The Bertz CT molecular complexity index is 557. The number of hydrogen-bond donors (Lipinski definition) is 1. The third kappa shape index (κ3) is 2.91. The van der Waals surface area contributed by atoms with E-state index in [1.54, 1.807) is 26.2 Å². The number of sulfonamides is 1. The van der Waals surface area contributed by atoms with Crippen LogP contribution in [0.25, 0.3) is 0 Å². The van der Waals surface area contributed by atoms with Crippen LogP contribution in [0.5, 0.6) is 0 Å². The number of rotatable bonds is 4. The molecule has 1 atom stereocenters. The van der Waals surface area contributed by atoms with Gasteiger partial charge in [-0.2, -0.15) is 4.31 Å². The molecule has 1 aliphatic heterocycles. The first-order valence-electron chi connectivity index (χ1n) is 6.30. The Kier molecular flexibility index (Phi) is 4.13. The topological polar surface area (TPSA) is 72.6 Å². The van der Waals surface area contributed by atoms with Crippen LogP contribution in [0.1, 0.15) is 12.0 Å². The normalized spacial score (nSPS) is 20.8. The third-order valence-corrected chi connectivity index (χ3v) is 5.49. The molecule has 0 spiro atoms. The smallest absolute Gasteiger partial charge is 0.243 e. The van der Waals surface area contributed by atoms with Gasteiger partial charge in [0.05, 0.1) is 11.5 Å². The van der Waals surface area contributed by atoms with Crippen molar-refractivity contribution in [3.8, 4) is 0 Å². The van der Waals surface area contributed by atoms with Gasteiger partial charge in [0.2, 0.25) is 10.0 Å². The maximum absolute atomic E-state index is 12.6. The first-order chi connectivity index (χ1) is 8.95. The lowest BCUT2D eigenvalue weighted by Gasteiger charge is -2.18. The van der Waals surface area contributed by atoms with Gasteiger partial charge in [-0.1, -0.05) is 6.07 Å². The number of anilines is 1. The molecule has 1 aromatic carbocycles. The minimum Gasteiger partial charge on any atom is -0.399 e. The first kappa shape index (κ1) is 14.3. The Morgan fingerprint density at radius 1 is 1.47 bits per heavy atom. The molecule has 106 valence electrons. The fourth-order valence-corrected chi connectivity index (χ4v) is 4.21. The molecule has 5 nitrogen and oxygen atoms in total. The molecule has 1 heterocycles. The Morgan fingerprint density at radius 3 is 2.89 bits per heavy atom. The molecule has 19 heavy (non-hydrogen) atoms. The Morgan fingerprint density at radius 2 is 2.21 bits per heavy atom. The summed E-state index contributed by atoms with van der Waals surface area (Å²) >= 11 is 0. The average molecular weight is 284 g/mol. The van der Waals surface area contributed by atoms with Gasteiger partial charge in [-0.3, -0.25) is 0 Å². The maximum Gasteiger partial charge on any atom is 0.243 e. The predicted molar refractivity (Wildman–Crippen MR) is 74.3 cm³/mol. The minimum absolute atomic E-state index is 0.279. The van der Waals surface area contributed by atoms with Gasteiger partial charge < -0.3 is 10.5 Å². The molecule has 0 bridgehead atoms. The van der Waals surface area contributed by atoms with Gasteiger partial charge in [-0.25, -0.2) is 8.42 Å². The van der Waals surface area contributed by atoms with Crippen molar-refractivity contribution in [2.45, 2.75) is 18.2 Å². The van der Waals surface area contributed by atoms with Gasteiger partial charge in [-0.15, -0.1) is 0 Å². The molecule has 0 saturated carbocycles. The van der Waals surface area contributed by atoms with Crippen LogP contribution in [-0.4, -0.2) is 39.5 Å². The Hall–Kier alpha value is -1.11. The number of methoxy groups -OCH3 is 1. The number of ether oxygens (including phenoxy) is 1. The van der Waals surface area contributed by atoms with E-state index in [4.69, 9.17) is 10.5 Å². The van der Waals surface area contributed by atoms with Crippen molar-refractivity contribution < 1.29 is 13.2 Å². The molecule has 0 amide bonds. The molecule has 0 aromatic heterocycles. The second-order valence-electron chi connectivity index (χ2n) is 5.00. The van der Waals surface area contributed by atoms with Crippen molar-refractivity contribution in [1.29, 1.82) is 0 Å². The van der Waals surface area contributed by atoms with Gasteiger partial charge in [-0.05, 0) is 37.0 Å². The van der Waals surface area contributed by atoms with Crippen molar-refractivity contribution in [2.24, 2.45) is 5.92 Å². The minimum atomic E-state index is -3.45. The van der Waals surface area contributed by atoms with E-state index >= 15 is 0 Å². The van der Waals surface area contributed by atoms with Crippen LogP contribution in [0.4, 0.5) is 5.69 Å². The summed E-state index contributed by atoms with van der Waals surface area (Å²) in [6.07, 6.45) is 0.842. The number of aryl methyl sites for hydroxylation is 1. The first-order valence-corrected chi connectivity index (χ1v) is 7.74. The van der Waals surface area contributed by atoms with Crippen molar-refractivity contribution in [3.05, 3.63) is 23.8 Å². The zero-order valence-corrected chi connectivity index (χ0v) is 12.1. The van der Waals surface area contributed by atoms with Gasteiger partial charge >= 0.3 is 0 Å². The summed E-state index contributed by atoms with van der Waals surface area (Å²) in [5.74, 6) is 0.279. The van der Waals surface area contributed by atoms with Crippen molar-refractivity contribution >= 4 is 15.7 Å². The van der Waals surface area contributed by atoms with E-state index < -0.39 is 10.0 Å². The molecular weight excluding hydrogens is 264 g/mol. The van der Waals surface area contributed by atoms with Crippen LogP contribution < -0.4 is 5.73 Å². The highest BCUT2D eigenvalue weighted by Crippen LogP contribution is 2.27. The molecule has 2 rings (SSSR count). The lowest BCUT2D eigenvalue weighted by molar-refractivity contribution is 0.157. The average Bonchev–Trinajstić information content (AvgIpc) is 2.82. The number of hydrogen-bond acceptors (Lipinski definition) is 4. The molecule has 1 aromatic rings. The zero-order chi connectivity index (χ0) is 14.0. The summed E-state index contributed by atoms with van der Waals surface area (Å²) in [6.45, 7) is 3.45. The van der Waals surface area contributed by atoms with Gasteiger partial charge in [0, 0.05) is 25.9 Å². The standard InChI is InChI=1S/C13H20N2O3S/c1-10-3-4-12(14)7-13(10)19(16,17)15-6-5-11(8-15)9-18-2/h3-4,7,11H,5-6,8-9,14H2,1-2H3. The summed E-state index contributed by atoms with van der Waals surface area (Å²) in [7, 11) is -1.81. The monoisotopic (exact) mass is 284 g/mol. The highest BCUT2D eigenvalue weighted by atomic mass is 32.2. The van der Waals surface area contributed by atoms with Crippen LogP contribution in [0.3, 0.4) is 0 Å². The highest BCUT2D eigenvalue weighted by molar-refractivity contribution is 7.89. The SMILES string of the molecule is COCC1CCN(S(=O)(=O)c2cc(N)ccc2C)C1. The van der Waals surface area contributed by atoms with Crippen LogP contribution in [0.2, 0.25) is 0 Å². The van der Waals surface area contributed by atoms with E-state index in [0.29, 0.717) is 30.3 Å². The van der Waals surface area contributed by atoms with E-state index in [0.717, 1.165) is 12.0 Å². The number of benzene rings is 1. The number of nitrogens with zero attached hydrogens (tertiary/aromatic N) is 1.